The summed E-state index contributed by atoms with van der Waals surface area (Å²) in [6.07, 6.45) is 0. The van der Waals surface area contributed by atoms with E-state index in [1.54, 1.807) is 25.3 Å². The number of halogens is 1. The molecule has 0 amide bonds. The summed E-state index contributed by atoms with van der Waals surface area (Å²) in [5.41, 5.74) is 7.05. The van der Waals surface area contributed by atoms with Crippen molar-refractivity contribution in [3.8, 4) is 11.3 Å². The number of hydrogen-bond acceptors (Lipinski definition) is 4. The number of methoxy groups -OCH3 is 1. The quantitative estimate of drug-likeness (QED) is 0.926. The number of hydrogen-bond donors (Lipinski definition) is 1. The zero-order chi connectivity index (χ0) is 13.8. The number of nitrogens with zero attached hydrogens (tertiary/aromatic N) is 2. The van der Waals surface area contributed by atoms with Crippen LogP contribution in [0.3, 0.4) is 0 Å². The second-order valence-corrected chi connectivity index (χ2v) is 4.45. The molecule has 1 aromatic carbocycles. The highest BCUT2D eigenvalue weighted by Gasteiger charge is 2.07. The van der Waals surface area contributed by atoms with Gasteiger partial charge in [0, 0.05) is 17.7 Å². The Kier molecular flexibility index (Phi) is 4.19. The van der Waals surface area contributed by atoms with Crippen molar-refractivity contribution < 1.29 is 4.74 Å². The van der Waals surface area contributed by atoms with Gasteiger partial charge in [-0.15, -0.1) is 0 Å². The van der Waals surface area contributed by atoms with Crippen LogP contribution in [0.5, 0.6) is 0 Å². The SMILES string of the molecule is COCCn1nc(-c2ccc(Cl)cc2)cc(N)c1=O. The summed E-state index contributed by atoms with van der Waals surface area (Å²) >= 11 is 5.84. The molecule has 0 aliphatic heterocycles. The van der Waals surface area contributed by atoms with Crippen molar-refractivity contribution >= 4 is 17.3 Å². The minimum atomic E-state index is -0.310. The van der Waals surface area contributed by atoms with Crippen LogP contribution in [0.4, 0.5) is 5.69 Å². The zero-order valence-electron chi connectivity index (χ0n) is 10.5. The summed E-state index contributed by atoms with van der Waals surface area (Å²) in [6, 6.07) is 8.75. The normalized spacial score (nSPS) is 10.6. The summed E-state index contributed by atoms with van der Waals surface area (Å²) in [5.74, 6) is 0. The lowest BCUT2D eigenvalue weighted by molar-refractivity contribution is 0.182. The fraction of sp³-hybridized carbons (Fsp3) is 0.231. The van der Waals surface area contributed by atoms with Gasteiger partial charge in [-0.05, 0) is 18.2 Å². The van der Waals surface area contributed by atoms with Crippen LogP contribution >= 0.6 is 11.6 Å². The lowest BCUT2D eigenvalue weighted by Crippen LogP contribution is -2.27. The maximum absolute atomic E-state index is 11.8. The highest BCUT2D eigenvalue weighted by Crippen LogP contribution is 2.19. The fourth-order valence-corrected chi connectivity index (χ4v) is 1.78. The first kappa shape index (κ1) is 13.6. The summed E-state index contributed by atoms with van der Waals surface area (Å²) in [7, 11) is 1.57. The minimum absolute atomic E-state index is 0.163. The van der Waals surface area contributed by atoms with Gasteiger partial charge >= 0.3 is 0 Å². The maximum Gasteiger partial charge on any atom is 0.289 e. The Labute approximate surface area is 115 Å². The lowest BCUT2D eigenvalue weighted by Gasteiger charge is -2.08. The molecule has 0 radical (unpaired) electrons. The average molecular weight is 280 g/mol. The molecule has 0 spiro atoms. The van der Waals surface area contributed by atoms with Crippen molar-refractivity contribution in [2.45, 2.75) is 6.54 Å². The van der Waals surface area contributed by atoms with Crippen molar-refractivity contribution in [1.29, 1.82) is 0 Å². The first-order valence-electron chi connectivity index (χ1n) is 5.74. The third-order valence-electron chi connectivity index (χ3n) is 2.65. The molecule has 0 aliphatic carbocycles. The fourth-order valence-electron chi connectivity index (χ4n) is 1.65. The monoisotopic (exact) mass is 279 g/mol. The predicted molar refractivity (Wildman–Crippen MR) is 75.2 cm³/mol. The Morgan fingerprint density at radius 3 is 2.68 bits per heavy atom. The van der Waals surface area contributed by atoms with Gasteiger partial charge in [0.25, 0.3) is 5.56 Å². The van der Waals surface area contributed by atoms with E-state index in [1.165, 1.54) is 4.68 Å². The van der Waals surface area contributed by atoms with Crippen molar-refractivity contribution in [3.63, 3.8) is 0 Å². The van der Waals surface area contributed by atoms with Crippen LogP contribution in [0.25, 0.3) is 11.3 Å². The highest BCUT2D eigenvalue weighted by atomic mass is 35.5. The molecule has 0 atom stereocenters. The van der Waals surface area contributed by atoms with E-state index in [-0.39, 0.29) is 11.2 Å². The Morgan fingerprint density at radius 2 is 2.05 bits per heavy atom. The molecule has 0 saturated carbocycles. The topological polar surface area (TPSA) is 70.1 Å². The van der Waals surface area contributed by atoms with Gasteiger partial charge in [0.1, 0.15) is 5.69 Å². The Morgan fingerprint density at radius 1 is 1.37 bits per heavy atom. The van der Waals surface area contributed by atoms with Crippen LogP contribution in [-0.4, -0.2) is 23.5 Å². The van der Waals surface area contributed by atoms with E-state index in [2.05, 4.69) is 5.10 Å². The van der Waals surface area contributed by atoms with E-state index in [1.807, 2.05) is 12.1 Å². The molecule has 19 heavy (non-hydrogen) atoms. The Bertz CT molecular complexity index is 623. The van der Waals surface area contributed by atoms with Gasteiger partial charge in [-0.25, -0.2) is 4.68 Å². The van der Waals surface area contributed by atoms with Crippen molar-refractivity contribution in [2.75, 3.05) is 19.5 Å². The number of nitrogen functional groups attached to an aromatic ring is 1. The summed E-state index contributed by atoms with van der Waals surface area (Å²) < 4.78 is 6.25. The number of anilines is 1. The maximum atomic E-state index is 11.8. The van der Waals surface area contributed by atoms with Crippen LogP contribution < -0.4 is 11.3 Å². The third-order valence-corrected chi connectivity index (χ3v) is 2.90. The van der Waals surface area contributed by atoms with Crippen LogP contribution in [0.1, 0.15) is 0 Å². The van der Waals surface area contributed by atoms with Gasteiger partial charge in [0.15, 0.2) is 0 Å². The second kappa shape index (κ2) is 5.86. The van der Waals surface area contributed by atoms with E-state index in [0.717, 1.165) is 5.56 Å². The highest BCUT2D eigenvalue weighted by molar-refractivity contribution is 6.30. The molecule has 0 bridgehead atoms. The molecule has 2 rings (SSSR count). The molecule has 0 unspecified atom stereocenters. The second-order valence-electron chi connectivity index (χ2n) is 4.01. The number of nitrogens with two attached hydrogens (primary N) is 1. The van der Waals surface area contributed by atoms with Gasteiger partial charge in [-0.3, -0.25) is 4.79 Å². The number of ether oxygens (including phenoxy) is 1. The van der Waals surface area contributed by atoms with Crippen molar-refractivity contribution in [2.24, 2.45) is 0 Å². The summed E-state index contributed by atoms with van der Waals surface area (Å²) in [4.78, 5) is 11.8. The Hall–Kier alpha value is -1.85. The minimum Gasteiger partial charge on any atom is -0.394 e. The largest absolute Gasteiger partial charge is 0.394 e. The van der Waals surface area contributed by atoms with E-state index >= 15 is 0 Å². The number of aromatic nitrogens is 2. The molecule has 1 heterocycles. The average Bonchev–Trinajstić information content (AvgIpc) is 2.41. The third kappa shape index (κ3) is 3.13. The first-order valence-corrected chi connectivity index (χ1v) is 6.12. The molecule has 0 aliphatic rings. The van der Waals surface area contributed by atoms with Gasteiger partial charge in [-0.1, -0.05) is 23.7 Å². The van der Waals surface area contributed by atoms with E-state index < -0.39 is 0 Å². The lowest BCUT2D eigenvalue weighted by atomic mass is 10.1. The molecule has 100 valence electrons. The van der Waals surface area contributed by atoms with Crippen molar-refractivity contribution in [1.82, 2.24) is 9.78 Å². The van der Waals surface area contributed by atoms with Crippen LogP contribution in [-0.2, 0) is 11.3 Å². The van der Waals surface area contributed by atoms with Crippen LogP contribution in [0.15, 0.2) is 35.1 Å². The summed E-state index contributed by atoms with van der Waals surface area (Å²) in [5, 5.41) is 4.91. The molecule has 2 aromatic rings. The molecular weight excluding hydrogens is 266 g/mol. The van der Waals surface area contributed by atoms with E-state index in [0.29, 0.717) is 23.9 Å². The first-order chi connectivity index (χ1) is 9.11. The van der Waals surface area contributed by atoms with Crippen LogP contribution in [0.2, 0.25) is 5.02 Å². The smallest absolute Gasteiger partial charge is 0.289 e. The van der Waals surface area contributed by atoms with Gasteiger partial charge < -0.3 is 10.5 Å². The molecule has 5 nitrogen and oxygen atoms in total. The van der Waals surface area contributed by atoms with Gasteiger partial charge in [0.2, 0.25) is 0 Å². The molecule has 1 aromatic heterocycles. The standard InChI is InChI=1S/C13H14ClN3O2/c1-19-7-6-17-13(18)11(15)8-12(16-17)9-2-4-10(14)5-3-9/h2-5,8H,6-7,15H2,1H3. The van der Waals surface area contributed by atoms with Crippen LogP contribution in [0, 0.1) is 0 Å². The molecule has 0 fully saturated rings. The molecule has 2 N–H and O–H groups in total. The van der Waals surface area contributed by atoms with Gasteiger partial charge in [-0.2, -0.15) is 5.10 Å². The molecule has 0 saturated heterocycles. The predicted octanol–water partition coefficient (Wildman–Crippen LogP) is 1.79. The van der Waals surface area contributed by atoms with E-state index in [4.69, 9.17) is 22.1 Å². The Balaban J connectivity index is 2.44. The van der Waals surface area contributed by atoms with E-state index in [9.17, 15) is 4.79 Å². The number of rotatable bonds is 4. The zero-order valence-corrected chi connectivity index (χ0v) is 11.2. The number of benzene rings is 1. The summed E-state index contributed by atoms with van der Waals surface area (Å²) in [6.45, 7) is 0.761. The molecule has 6 heteroatoms. The molecular formula is C13H14ClN3O2. The van der Waals surface area contributed by atoms with Crippen molar-refractivity contribution in [3.05, 3.63) is 45.7 Å². The van der Waals surface area contributed by atoms with Gasteiger partial charge in [0.05, 0.1) is 18.8 Å².